The van der Waals surface area contributed by atoms with Crippen molar-refractivity contribution in [1.82, 2.24) is 0 Å². The molecule has 0 aliphatic heterocycles. The van der Waals surface area contributed by atoms with E-state index >= 15 is 0 Å². The molecule has 4 nitrogen and oxygen atoms in total. The van der Waals surface area contributed by atoms with Crippen molar-refractivity contribution in [2.75, 3.05) is 6.61 Å². The Bertz CT molecular complexity index is 395. The van der Waals surface area contributed by atoms with E-state index in [1.54, 1.807) is 12.2 Å². The van der Waals surface area contributed by atoms with E-state index in [0.29, 0.717) is 6.42 Å². The van der Waals surface area contributed by atoms with Crippen molar-refractivity contribution in [2.24, 2.45) is 11.8 Å². The van der Waals surface area contributed by atoms with Crippen LogP contribution in [0.3, 0.4) is 0 Å². The summed E-state index contributed by atoms with van der Waals surface area (Å²) >= 11 is 0. The molecule has 1 aliphatic carbocycles. The first-order chi connectivity index (χ1) is 9.66. The lowest BCUT2D eigenvalue weighted by Crippen LogP contribution is -2.31. The summed E-state index contributed by atoms with van der Waals surface area (Å²) in [6.45, 7) is 3.85. The number of ether oxygens (including phenoxy) is 1. The number of allylic oxidation sites excluding steroid dienone is 3. The molecule has 0 saturated heterocycles. The molecular formula is C16H22O4. The van der Waals surface area contributed by atoms with Gasteiger partial charge in [-0.1, -0.05) is 30.4 Å². The van der Waals surface area contributed by atoms with Crippen LogP contribution in [0.2, 0.25) is 0 Å². The fourth-order valence-corrected chi connectivity index (χ4v) is 2.15. The summed E-state index contributed by atoms with van der Waals surface area (Å²) in [5, 5.41) is 9.07. The van der Waals surface area contributed by atoms with Gasteiger partial charge < -0.3 is 9.84 Å². The zero-order valence-corrected chi connectivity index (χ0v) is 11.7. The first-order valence-corrected chi connectivity index (χ1v) is 6.98. The summed E-state index contributed by atoms with van der Waals surface area (Å²) in [7, 11) is 0. The van der Waals surface area contributed by atoms with E-state index in [2.05, 4.69) is 6.58 Å². The number of hydrogen-bond donors (Lipinski definition) is 1. The van der Waals surface area contributed by atoms with Gasteiger partial charge in [0.1, 0.15) is 6.61 Å². The van der Waals surface area contributed by atoms with E-state index < -0.39 is 23.8 Å². The van der Waals surface area contributed by atoms with Gasteiger partial charge in [-0.25, -0.2) is 0 Å². The van der Waals surface area contributed by atoms with E-state index in [9.17, 15) is 9.59 Å². The molecule has 1 aliphatic rings. The number of aliphatic carboxylic acids is 1. The quantitative estimate of drug-likeness (QED) is 0.421. The molecule has 0 aromatic heterocycles. The van der Waals surface area contributed by atoms with Crippen molar-refractivity contribution in [3.63, 3.8) is 0 Å². The maximum Gasteiger partial charge on any atom is 0.311 e. The molecule has 0 spiro atoms. The number of unbranched alkanes of at least 4 members (excludes halogenated alkanes) is 2. The van der Waals surface area contributed by atoms with Crippen molar-refractivity contribution in [2.45, 2.75) is 32.1 Å². The van der Waals surface area contributed by atoms with Crippen LogP contribution in [-0.2, 0) is 14.3 Å². The van der Waals surface area contributed by atoms with Crippen molar-refractivity contribution in [3.8, 4) is 0 Å². The van der Waals surface area contributed by atoms with Crippen LogP contribution in [-0.4, -0.2) is 23.7 Å². The van der Waals surface area contributed by atoms with Crippen LogP contribution >= 0.6 is 0 Å². The van der Waals surface area contributed by atoms with Crippen LogP contribution in [0.15, 0.2) is 37.0 Å². The Labute approximate surface area is 119 Å². The fourth-order valence-electron chi connectivity index (χ4n) is 2.15. The van der Waals surface area contributed by atoms with Crippen LogP contribution in [0.25, 0.3) is 0 Å². The average molecular weight is 278 g/mol. The molecule has 0 saturated carbocycles. The van der Waals surface area contributed by atoms with Gasteiger partial charge in [0.2, 0.25) is 0 Å². The third kappa shape index (κ3) is 5.43. The van der Waals surface area contributed by atoms with E-state index in [0.717, 1.165) is 25.7 Å². The molecule has 0 aromatic carbocycles. The molecule has 1 N–H and O–H groups in total. The first kappa shape index (κ1) is 16.2. The highest BCUT2D eigenvalue weighted by atomic mass is 16.5. The largest absolute Gasteiger partial charge is 0.481 e. The number of carboxylic acid groups (broad SMARTS) is 1. The molecule has 2 atom stereocenters. The van der Waals surface area contributed by atoms with Crippen molar-refractivity contribution in [3.05, 3.63) is 37.0 Å². The lowest BCUT2D eigenvalue weighted by molar-refractivity contribution is -0.155. The van der Waals surface area contributed by atoms with Gasteiger partial charge in [0.25, 0.3) is 0 Å². The number of carbonyl (C=O) groups excluding carboxylic acids is 1. The predicted molar refractivity (Wildman–Crippen MR) is 77.1 cm³/mol. The van der Waals surface area contributed by atoms with E-state index in [-0.39, 0.29) is 6.61 Å². The van der Waals surface area contributed by atoms with Gasteiger partial charge in [-0.3, -0.25) is 9.59 Å². The zero-order valence-electron chi connectivity index (χ0n) is 11.7. The van der Waals surface area contributed by atoms with Crippen LogP contribution in [0.4, 0.5) is 0 Å². The Morgan fingerprint density at radius 2 is 2.15 bits per heavy atom. The highest BCUT2D eigenvalue weighted by molar-refractivity contribution is 5.82. The number of carbonyl (C=O) groups is 2. The molecule has 4 heteroatoms. The summed E-state index contributed by atoms with van der Waals surface area (Å²) in [4.78, 5) is 22.9. The second-order valence-electron chi connectivity index (χ2n) is 4.80. The summed E-state index contributed by atoms with van der Waals surface area (Å²) in [6, 6.07) is 0. The minimum absolute atomic E-state index is 0.208. The average Bonchev–Trinajstić information content (AvgIpc) is 2.46. The van der Waals surface area contributed by atoms with Crippen LogP contribution in [0.5, 0.6) is 0 Å². The molecule has 20 heavy (non-hydrogen) atoms. The van der Waals surface area contributed by atoms with E-state index in [1.165, 1.54) is 0 Å². The summed E-state index contributed by atoms with van der Waals surface area (Å²) in [5.41, 5.74) is 0. The maximum absolute atomic E-state index is 11.9. The SMILES string of the molecule is C=CCCC/C=C/COC(=O)C1CCC=CC1C(=O)O. The lowest BCUT2D eigenvalue weighted by Gasteiger charge is -2.22. The Hall–Kier alpha value is -1.84. The molecule has 0 bridgehead atoms. The summed E-state index contributed by atoms with van der Waals surface area (Å²) in [6.07, 6.45) is 13.2. The fraction of sp³-hybridized carbons (Fsp3) is 0.500. The highest BCUT2D eigenvalue weighted by Gasteiger charge is 2.34. The van der Waals surface area contributed by atoms with Crippen molar-refractivity contribution >= 4 is 11.9 Å². The number of rotatable bonds is 8. The van der Waals surface area contributed by atoms with Crippen molar-refractivity contribution < 1.29 is 19.4 Å². The molecule has 1 rings (SSSR count). The molecular weight excluding hydrogens is 256 g/mol. The van der Waals surface area contributed by atoms with E-state index in [4.69, 9.17) is 9.84 Å². The van der Waals surface area contributed by atoms with Gasteiger partial charge in [0, 0.05) is 0 Å². The van der Waals surface area contributed by atoms with Gasteiger partial charge in [0.05, 0.1) is 11.8 Å². The predicted octanol–water partition coefficient (Wildman–Crippen LogP) is 3.11. The first-order valence-electron chi connectivity index (χ1n) is 6.98. The Kier molecular flexibility index (Phi) is 7.40. The lowest BCUT2D eigenvalue weighted by atomic mass is 9.84. The van der Waals surface area contributed by atoms with Gasteiger partial charge >= 0.3 is 11.9 Å². The number of carboxylic acids is 1. The van der Waals surface area contributed by atoms with E-state index in [1.807, 2.05) is 18.2 Å². The maximum atomic E-state index is 11.9. The third-order valence-corrected chi connectivity index (χ3v) is 3.28. The summed E-state index contributed by atoms with van der Waals surface area (Å²) in [5.74, 6) is -2.71. The smallest absolute Gasteiger partial charge is 0.311 e. The Morgan fingerprint density at radius 1 is 1.35 bits per heavy atom. The standard InChI is InChI=1S/C16H22O4/c1-2-3-4-5-6-9-12-20-16(19)14-11-8-7-10-13(14)15(17)18/h2,6-7,9-10,13-14H,1,3-5,8,11-12H2,(H,17,18)/b9-6+. The van der Waals surface area contributed by atoms with Gasteiger partial charge in [-0.05, 0) is 32.1 Å². The van der Waals surface area contributed by atoms with Crippen LogP contribution in [0.1, 0.15) is 32.1 Å². The highest BCUT2D eigenvalue weighted by Crippen LogP contribution is 2.26. The van der Waals surface area contributed by atoms with Crippen LogP contribution < -0.4 is 0 Å². The normalized spacial score (nSPS) is 21.8. The number of esters is 1. The monoisotopic (exact) mass is 278 g/mol. The molecule has 0 aromatic rings. The van der Waals surface area contributed by atoms with Gasteiger partial charge in [0.15, 0.2) is 0 Å². The number of hydrogen-bond acceptors (Lipinski definition) is 3. The minimum Gasteiger partial charge on any atom is -0.481 e. The molecule has 0 amide bonds. The van der Waals surface area contributed by atoms with Gasteiger partial charge in [-0.2, -0.15) is 0 Å². The Balaban J connectivity index is 2.33. The third-order valence-electron chi connectivity index (χ3n) is 3.28. The topological polar surface area (TPSA) is 63.6 Å². The molecule has 110 valence electrons. The molecule has 0 radical (unpaired) electrons. The zero-order chi connectivity index (χ0) is 14.8. The van der Waals surface area contributed by atoms with Gasteiger partial charge in [-0.15, -0.1) is 6.58 Å². The molecule has 2 unspecified atom stereocenters. The molecule has 0 fully saturated rings. The Morgan fingerprint density at radius 3 is 2.85 bits per heavy atom. The minimum atomic E-state index is -0.970. The van der Waals surface area contributed by atoms with Crippen LogP contribution in [0, 0.1) is 11.8 Å². The van der Waals surface area contributed by atoms with Crippen molar-refractivity contribution in [1.29, 1.82) is 0 Å². The molecule has 0 heterocycles. The summed E-state index contributed by atoms with van der Waals surface area (Å²) < 4.78 is 5.13. The second-order valence-corrected chi connectivity index (χ2v) is 4.80. The second kappa shape index (κ2) is 9.13.